The van der Waals surface area contributed by atoms with Gasteiger partial charge >= 0.3 is 5.97 Å². The molecule has 0 radical (unpaired) electrons. The number of alkyl halides is 1. The van der Waals surface area contributed by atoms with E-state index in [0.29, 0.717) is 24.2 Å². The molecule has 0 bridgehead atoms. The molecule has 0 aliphatic carbocycles. The summed E-state index contributed by atoms with van der Waals surface area (Å²) in [5, 5.41) is 10.2. The first-order chi connectivity index (χ1) is 17.0. The van der Waals surface area contributed by atoms with Gasteiger partial charge in [-0.1, -0.05) is 0 Å². The van der Waals surface area contributed by atoms with Crippen LogP contribution in [-0.2, 0) is 4.79 Å². The lowest BCUT2D eigenvalue weighted by atomic mass is 9.79. The van der Waals surface area contributed by atoms with Crippen molar-refractivity contribution in [1.29, 1.82) is 0 Å². The molecule has 0 spiro atoms. The highest BCUT2D eigenvalue weighted by molar-refractivity contribution is 7.99. The number of methoxy groups -OCH3 is 1. The number of ether oxygens (including phenoxy) is 1. The number of fused-ring (bicyclic) bond motifs is 1. The first kappa shape index (κ1) is 25.3. The molecule has 1 unspecified atom stereocenters. The maximum absolute atomic E-state index is 15.4. The van der Waals surface area contributed by atoms with Crippen molar-refractivity contribution in [3.63, 3.8) is 0 Å². The molecular formula is C26H31FN4O3S. The molecule has 7 nitrogen and oxygen atoms in total. The van der Waals surface area contributed by atoms with Gasteiger partial charge in [-0.2, -0.15) is 0 Å². The highest BCUT2D eigenvalue weighted by atomic mass is 32.2. The summed E-state index contributed by atoms with van der Waals surface area (Å²) in [5.41, 5.74) is 1.35. The van der Waals surface area contributed by atoms with Crippen molar-refractivity contribution in [2.75, 3.05) is 32.5 Å². The average molecular weight is 499 g/mol. The van der Waals surface area contributed by atoms with Crippen LogP contribution in [0.2, 0.25) is 0 Å². The first-order valence-electron chi connectivity index (χ1n) is 11.9. The Morgan fingerprint density at radius 3 is 2.89 bits per heavy atom. The third-order valence-corrected chi connectivity index (χ3v) is 7.67. The number of hydrogen-bond donors (Lipinski definition) is 1. The van der Waals surface area contributed by atoms with E-state index in [1.807, 2.05) is 18.2 Å². The van der Waals surface area contributed by atoms with Gasteiger partial charge < -0.3 is 14.7 Å². The lowest BCUT2D eigenvalue weighted by molar-refractivity contribution is -0.139. The SMILES string of the molecule is COc1ccc2nccc(C(F)CC[C@@H]3CCN(CCSc4cncnc4)C[C@@H]3CC(=O)O)c2c1. The molecule has 4 rings (SSSR count). The van der Waals surface area contributed by atoms with E-state index < -0.39 is 12.1 Å². The van der Waals surface area contributed by atoms with Gasteiger partial charge in [0.1, 0.15) is 18.2 Å². The number of hydrogen-bond acceptors (Lipinski definition) is 7. The summed E-state index contributed by atoms with van der Waals surface area (Å²) in [4.78, 5) is 27.3. The van der Waals surface area contributed by atoms with Crippen molar-refractivity contribution >= 4 is 28.6 Å². The molecule has 1 aromatic carbocycles. The van der Waals surface area contributed by atoms with Crippen molar-refractivity contribution in [3.05, 3.63) is 54.7 Å². The maximum Gasteiger partial charge on any atom is 0.303 e. The number of rotatable bonds is 11. The smallest absolute Gasteiger partial charge is 0.303 e. The van der Waals surface area contributed by atoms with Gasteiger partial charge in [-0.15, -0.1) is 11.8 Å². The Hall–Kier alpha value is -2.78. The third-order valence-electron chi connectivity index (χ3n) is 6.74. The van der Waals surface area contributed by atoms with Crippen LogP contribution in [0.15, 0.2) is 54.1 Å². The minimum Gasteiger partial charge on any atom is -0.497 e. The zero-order chi connectivity index (χ0) is 24.6. The van der Waals surface area contributed by atoms with Crippen molar-refractivity contribution < 1.29 is 19.0 Å². The second-order valence-electron chi connectivity index (χ2n) is 8.96. The largest absolute Gasteiger partial charge is 0.497 e. The van der Waals surface area contributed by atoms with Gasteiger partial charge in [-0.25, -0.2) is 14.4 Å². The summed E-state index contributed by atoms with van der Waals surface area (Å²) in [7, 11) is 1.59. The number of carboxylic acid groups (broad SMARTS) is 1. The molecule has 186 valence electrons. The summed E-state index contributed by atoms with van der Waals surface area (Å²) < 4.78 is 20.7. The van der Waals surface area contributed by atoms with Crippen LogP contribution in [0.25, 0.3) is 10.9 Å². The molecule has 1 N–H and O–H groups in total. The molecular weight excluding hydrogens is 467 g/mol. The number of thioether (sulfide) groups is 1. The monoisotopic (exact) mass is 498 g/mol. The van der Waals surface area contributed by atoms with Crippen LogP contribution in [0, 0.1) is 11.8 Å². The number of aliphatic carboxylic acids is 1. The number of pyridine rings is 1. The van der Waals surface area contributed by atoms with Gasteiger partial charge in [-0.05, 0) is 67.5 Å². The van der Waals surface area contributed by atoms with Crippen LogP contribution in [-0.4, -0.2) is 63.4 Å². The van der Waals surface area contributed by atoms with E-state index >= 15 is 4.39 Å². The van der Waals surface area contributed by atoms with E-state index in [1.54, 1.807) is 43.5 Å². The highest BCUT2D eigenvalue weighted by Crippen LogP contribution is 2.36. The van der Waals surface area contributed by atoms with Crippen LogP contribution in [0.3, 0.4) is 0 Å². The van der Waals surface area contributed by atoms with Crippen LogP contribution in [0.1, 0.15) is 37.4 Å². The molecule has 0 amide bonds. The van der Waals surface area contributed by atoms with Gasteiger partial charge in [0.25, 0.3) is 0 Å². The number of halogens is 1. The fourth-order valence-corrected chi connectivity index (χ4v) is 5.77. The molecule has 3 atom stereocenters. The normalized spacial score (nSPS) is 19.5. The van der Waals surface area contributed by atoms with Gasteiger partial charge in [0.05, 0.1) is 12.6 Å². The fourth-order valence-electron chi connectivity index (χ4n) is 4.91. The Balaban J connectivity index is 1.35. The quantitative estimate of drug-likeness (QED) is 0.368. The highest BCUT2D eigenvalue weighted by Gasteiger charge is 2.31. The van der Waals surface area contributed by atoms with E-state index in [-0.39, 0.29) is 18.3 Å². The molecule has 35 heavy (non-hydrogen) atoms. The summed E-state index contributed by atoms with van der Waals surface area (Å²) in [5.74, 6) is 0.988. The Morgan fingerprint density at radius 1 is 1.29 bits per heavy atom. The Morgan fingerprint density at radius 2 is 2.11 bits per heavy atom. The minimum absolute atomic E-state index is 0.0211. The second-order valence-corrected chi connectivity index (χ2v) is 10.1. The van der Waals surface area contributed by atoms with Crippen molar-refractivity contribution in [2.45, 2.75) is 36.8 Å². The summed E-state index contributed by atoms with van der Waals surface area (Å²) in [6.45, 7) is 2.51. The predicted molar refractivity (Wildman–Crippen MR) is 134 cm³/mol. The van der Waals surface area contributed by atoms with E-state index in [0.717, 1.165) is 47.6 Å². The minimum atomic E-state index is -1.14. The molecule has 2 aromatic heterocycles. The number of carbonyl (C=O) groups is 1. The van der Waals surface area contributed by atoms with Gasteiger partial charge in [0.15, 0.2) is 0 Å². The number of aromatic nitrogens is 3. The molecule has 1 aliphatic rings. The number of benzene rings is 1. The van der Waals surface area contributed by atoms with Gasteiger partial charge in [0.2, 0.25) is 0 Å². The van der Waals surface area contributed by atoms with Crippen molar-refractivity contribution in [3.8, 4) is 5.75 Å². The second kappa shape index (κ2) is 12.3. The third kappa shape index (κ3) is 6.89. The van der Waals surface area contributed by atoms with Crippen LogP contribution in [0.4, 0.5) is 4.39 Å². The Kier molecular flexibility index (Phi) is 8.87. The van der Waals surface area contributed by atoms with E-state index in [9.17, 15) is 9.90 Å². The molecule has 1 saturated heterocycles. The van der Waals surface area contributed by atoms with Gasteiger partial charge in [0, 0.05) is 54.1 Å². The fraction of sp³-hybridized carbons (Fsp3) is 0.462. The molecule has 1 aliphatic heterocycles. The predicted octanol–water partition coefficient (Wildman–Crippen LogP) is 5.03. The van der Waals surface area contributed by atoms with E-state index in [1.165, 1.54) is 6.33 Å². The van der Waals surface area contributed by atoms with Crippen LogP contribution >= 0.6 is 11.8 Å². The lowest BCUT2D eigenvalue weighted by Crippen LogP contribution is -2.42. The van der Waals surface area contributed by atoms with E-state index in [2.05, 4.69) is 19.9 Å². The molecule has 0 saturated carbocycles. The number of piperidine rings is 1. The zero-order valence-corrected chi connectivity index (χ0v) is 20.7. The molecule has 1 fully saturated rings. The standard InChI is InChI=1S/C26H31FN4O3S/c1-34-20-3-5-25-23(13-20)22(6-8-30-25)24(27)4-2-18-7-9-31(16-19(18)12-26(32)33)10-11-35-21-14-28-17-29-15-21/h3,5-6,8,13-15,17-19,24H,2,4,7,9-12,16H2,1H3,(H,32,33)/t18-,19+,24?/m1/s1. The van der Waals surface area contributed by atoms with Crippen LogP contribution in [0.5, 0.6) is 5.75 Å². The summed E-state index contributed by atoms with van der Waals surface area (Å²) in [6.07, 6.45) is 7.64. The van der Waals surface area contributed by atoms with Crippen LogP contribution < -0.4 is 4.74 Å². The number of carboxylic acids is 1. The Bertz CT molecular complexity index is 1120. The maximum atomic E-state index is 15.4. The topological polar surface area (TPSA) is 88.4 Å². The summed E-state index contributed by atoms with van der Waals surface area (Å²) >= 11 is 1.70. The lowest BCUT2D eigenvalue weighted by Gasteiger charge is -2.38. The van der Waals surface area contributed by atoms with Gasteiger partial charge in [-0.3, -0.25) is 9.78 Å². The van der Waals surface area contributed by atoms with E-state index in [4.69, 9.17) is 4.74 Å². The number of nitrogens with zero attached hydrogens (tertiary/aromatic N) is 4. The Labute approximate surface area is 209 Å². The first-order valence-corrected chi connectivity index (χ1v) is 12.9. The average Bonchev–Trinajstić information content (AvgIpc) is 2.87. The van der Waals surface area contributed by atoms with Crippen molar-refractivity contribution in [1.82, 2.24) is 19.9 Å². The van der Waals surface area contributed by atoms with Crippen molar-refractivity contribution in [2.24, 2.45) is 11.8 Å². The number of likely N-dealkylation sites (tertiary alicyclic amines) is 1. The zero-order valence-electron chi connectivity index (χ0n) is 19.8. The summed E-state index contributed by atoms with van der Waals surface area (Å²) in [6, 6.07) is 7.23. The molecule has 9 heteroatoms. The molecule has 3 aromatic rings. The molecule has 3 heterocycles.